The second-order valence-electron chi connectivity index (χ2n) is 3.06. The number of amides is 1. The fraction of sp³-hybridized carbons (Fsp3) is 0.222. The molecule has 0 radical (unpaired) electrons. The molecule has 0 atom stereocenters. The van der Waals surface area contributed by atoms with Crippen LogP contribution >= 0.6 is 0 Å². The lowest BCUT2D eigenvalue weighted by Crippen LogP contribution is -2.07. The molecule has 0 aromatic carbocycles. The molecular weight excluding hydrogens is 180 g/mol. The van der Waals surface area contributed by atoms with Crippen molar-refractivity contribution in [1.29, 1.82) is 0 Å². The summed E-state index contributed by atoms with van der Waals surface area (Å²) in [5.74, 6) is 0.424. The largest absolute Gasteiger partial charge is 0.311 e. The lowest BCUT2D eigenvalue weighted by molar-refractivity contribution is -0.114. The van der Waals surface area contributed by atoms with E-state index in [1.807, 2.05) is 13.1 Å². The third-order valence-electron chi connectivity index (χ3n) is 1.89. The smallest absolute Gasteiger partial charge is 0.222 e. The van der Waals surface area contributed by atoms with E-state index in [0.717, 1.165) is 11.0 Å². The van der Waals surface area contributed by atoms with Crippen molar-refractivity contribution >= 4 is 22.8 Å². The van der Waals surface area contributed by atoms with Gasteiger partial charge >= 0.3 is 0 Å². The maximum Gasteiger partial charge on any atom is 0.222 e. The van der Waals surface area contributed by atoms with Crippen LogP contribution in [0.5, 0.6) is 0 Å². The predicted octanol–water partition coefficient (Wildman–Crippen LogP) is 0.927. The molecule has 2 aromatic heterocycles. The van der Waals surface area contributed by atoms with Crippen LogP contribution in [-0.2, 0) is 11.8 Å². The number of carbonyl (C=O) groups excluding carboxylic acids is 1. The first-order chi connectivity index (χ1) is 6.66. The van der Waals surface area contributed by atoms with E-state index in [1.54, 1.807) is 16.9 Å². The molecule has 0 aliphatic rings. The molecule has 5 heteroatoms. The summed E-state index contributed by atoms with van der Waals surface area (Å²) in [6.07, 6.45) is 1.74. The Bertz CT molecular complexity index is 489. The standard InChI is InChI=1S/C9H10N4O/c1-6(14)11-8-4-3-7-5-10-13(2)9(7)12-8/h3-5H,1-2H3,(H,11,12,14). The van der Waals surface area contributed by atoms with Gasteiger partial charge in [0.2, 0.25) is 5.91 Å². The van der Waals surface area contributed by atoms with Crippen LogP contribution in [0.1, 0.15) is 6.92 Å². The van der Waals surface area contributed by atoms with Crippen molar-refractivity contribution < 1.29 is 4.79 Å². The first-order valence-electron chi connectivity index (χ1n) is 4.23. The van der Waals surface area contributed by atoms with E-state index >= 15 is 0 Å². The Balaban J connectivity index is 2.49. The molecule has 0 spiro atoms. The molecule has 2 rings (SSSR count). The van der Waals surface area contributed by atoms with Crippen LogP contribution in [0.4, 0.5) is 5.82 Å². The second kappa shape index (κ2) is 3.10. The third-order valence-corrected chi connectivity index (χ3v) is 1.89. The molecule has 0 bridgehead atoms. The highest BCUT2D eigenvalue weighted by atomic mass is 16.1. The van der Waals surface area contributed by atoms with Gasteiger partial charge in [-0.2, -0.15) is 5.10 Å². The van der Waals surface area contributed by atoms with E-state index in [-0.39, 0.29) is 5.91 Å². The topological polar surface area (TPSA) is 59.8 Å². The molecule has 5 nitrogen and oxygen atoms in total. The number of hydrogen-bond donors (Lipinski definition) is 1. The molecular formula is C9H10N4O. The number of pyridine rings is 1. The predicted molar refractivity (Wildman–Crippen MR) is 52.8 cm³/mol. The Morgan fingerprint density at radius 3 is 3.00 bits per heavy atom. The maximum absolute atomic E-state index is 10.8. The zero-order valence-electron chi connectivity index (χ0n) is 7.98. The summed E-state index contributed by atoms with van der Waals surface area (Å²) in [5, 5.41) is 7.64. The van der Waals surface area contributed by atoms with Crippen molar-refractivity contribution in [2.75, 3.05) is 5.32 Å². The van der Waals surface area contributed by atoms with Gasteiger partial charge in [0.1, 0.15) is 5.82 Å². The van der Waals surface area contributed by atoms with Gasteiger partial charge in [0.15, 0.2) is 5.65 Å². The first kappa shape index (κ1) is 8.68. The summed E-state index contributed by atoms with van der Waals surface area (Å²) < 4.78 is 1.67. The molecule has 0 fully saturated rings. The molecule has 2 aromatic rings. The molecule has 0 aliphatic carbocycles. The van der Waals surface area contributed by atoms with Crippen LogP contribution < -0.4 is 5.32 Å². The van der Waals surface area contributed by atoms with Crippen molar-refractivity contribution in [2.24, 2.45) is 7.05 Å². The fourth-order valence-corrected chi connectivity index (χ4v) is 1.27. The molecule has 0 saturated carbocycles. The van der Waals surface area contributed by atoms with Gasteiger partial charge in [-0.3, -0.25) is 9.48 Å². The Hall–Kier alpha value is -1.91. The Morgan fingerprint density at radius 2 is 2.29 bits per heavy atom. The number of nitrogens with one attached hydrogen (secondary N) is 1. The zero-order valence-corrected chi connectivity index (χ0v) is 7.98. The lowest BCUT2D eigenvalue weighted by atomic mass is 10.3. The van der Waals surface area contributed by atoms with Crippen molar-refractivity contribution in [2.45, 2.75) is 6.92 Å². The number of fused-ring (bicyclic) bond motifs is 1. The van der Waals surface area contributed by atoms with Crippen LogP contribution in [-0.4, -0.2) is 20.7 Å². The van der Waals surface area contributed by atoms with Crippen LogP contribution in [0, 0.1) is 0 Å². The van der Waals surface area contributed by atoms with Gasteiger partial charge in [-0.05, 0) is 12.1 Å². The molecule has 1 amide bonds. The molecule has 14 heavy (non-hydrogen) atoms. The van der Waals surface area contributed by atoms with Crippen molar-refractivity contribution in [3.8, 4) is 0 Å². The lowest BCUT2D eigenvalue weighted by Gasteiger charge is -2.00. The van der Waals surface area contributed by atoms with Gasteiger partial charge in [0.05, 0.1) is 6.20 Å². The quantitative estimate of drug-likeness (QED) is 0.727. The van der Waals surface area contributed by atoms with Crippen LogP contribution in [0.3, 0.4) is 0 Å². The van der Waals surface area contributed by atoms with E-state index in [0.29, 0.717) is 5.82 Å². The summed E-state index contributed by atoms with van der Waals surface area (Å²) >= 11 is 0. The molecule has 1 N–H and O–H groups in total. The maximum atomic E-state index is 10.8. The summed E-state index contributed by atoms with van der Waals surface area (Å²) in [7, 11) is 1.81. The number of rotatable bonds is 1. The van der Waals surface area contributed by atoms with Gasteiger partial charge in [-0.15, -0.1) is 0 Å². The first-order valence-corrected chi connectivity index (χ1v) is 4.23. The van der Waals surface area contributed by atoms with Crippen molar-refractivity contribution in [3.05, 3.63) is 18.3 Å². The molecule has 0 aliphatic heterocycles. The molecule has 0 saturated heterocycles. The van der Waals surface area contributed by atoms with Gasteiger partial charge in [-0.25, -0.2) is 4.98 Å². The van der Waals surface area contributed by atoms with Gasteiger partial charge in [0, 0.05) is 19.4 Å². The third kappa shape index (κ3) is 1.44. The monoisotopic (exact) mass is 190 g/mol. The normalized spacial score (nSPS) is 10.4. The zero-order chi connectivity index (χ0) is 10.1. The van der Waals surface area contributed by atoms with Gasteiger partial charge in [0.25, 0.3) is 0 Å². The highest BCUT2D eigenvalue weighted by molar-refractivity contribution is 5.89. The highest BCUT2D eigenvalue weighted by Gasteiger charge is 2.02. The average molecular weight is 190 g/mol. The van der Waals surface area contributed by atoms with Crippen LogP contribution in [0.15, 0.2) is 18.3 Å². The van der Waals surface area contributed by atoms with Gasteiger partial charge in [-0.1, -0.05) is 0 Å². The highest BCUT2D eigenvalue weighted by Crippen LogP contribution is 2.13. The molecule has 2 heterocycles. The van der Waals surface area contributed by atoms with E-state index in [9.17, 15) is 4.79 Å². The van der Waals surface area contributed by atoms with Crippen molar-refractivity contribution in [3.63, 3.8) is 0 Å². The fourth-order valence-electron chi connectivity index (χ4n) is 1.27. The van der Waals surface area contributed by atoms with Gasteiger partial charge < -0.3 is 5.32 Å². The van der Waals surface area contributed by atoms with E-state index < -0.39 is 0 Å². The number of anilines is 1. The van der Waals surface area contributed by atoms with E-state index in [4.69, 9.17) is 0 Å². The number of hydrogen-bond acceptors (Lipinski definition) is 3. The SMILES string of the molecule is CC(=O)Nc1ccc2cnn(C)c2n1. The minimum atomic E-state index is -0.126. The number of carbonyl (C=O) groups is 1. The average Bonchev–Trinajstić information content (AvgIpc) is 2.47. The number of nitrogens with zero attached hydrogens (tertiary/aromatic N) is 3. The Morgan fingerprint density at radius 1 is 1.50 bits per heavy atom. The van der Waals surface area contributed by atoms with E-state index in [2.05, 4.69) is 15.4 Å². The summed E-state index contributed by atoms with van der Waals surface area (Å²) in [5.41, 5.74) is 0.760. The Labute approximate surface area is 80.7 Å². The minimum absolute atomic E-state index is 0.126. The minimum Gasteiger partial charge on any atom is -0.311 e. The summed E-state index contributed by atoms with van der Waals surface area (Å²) in [6, 6.07) is 3.63. The number of aryl methyl sites for hydroxylation is 1. The van der Waals surface area contributed by atoms with Crippen molar-refractivity contribution in [1.82, 2.24) is 14.8 Å². The van der Waals surface area contributed by atoms with E-state index in [1.165, 1.54) is 6.92 Å². The molecule has 72 valence electrons. The summed E-state index contributed by atoms with van der Waals surface area (Å²) in [4.78, 5) is 15.0. The van der Waals surface area contributed by atoms with Crippen LogP contribution in [0.25, 0.3) is 11.0 Å². The molecule has 0 unspecified atom stereocenters. The number of aromatic nitrogens is 3. The summed E-state index contributed by atoms with van der Waals surface area (Å²) in [6.45, 7) is 1.45. The second-order valence-corrected chi connectivity index (χ2v) is 3.06. The van der Waals surface area contributed by atoms with Crippen LogP contribution in [0.2, 0.25) is 0 Å². The Kier molecular flexibility index (Phi) is 1.92.